The molecule has 0 aliphatic rings. The molecule has 26 heavy (non-hydrogen) atoms. The number of nitrogens with one attached hydrogen (secondary N) is 1. The third-order valence-electron chi connectivity index (χ3n) is 3.80. The highest BCUT2D eigenvalue weighted by Gasteiger charge is 2.13. The van der Waals surface area contributed by atoms with Crippen LogP contribution in [0, 0.1) is 0 Å². The Morgan fingerprint density at radius 2 is 2.04 bits per heavy atom. The lowest BCUT2D eigenvalue weighted by Gasteiger charge is -2.05. The van der Waals surface area contributed by atoms with Crippen molar-refractivity contribution >= 4 is 38.8 Å². The molecule has 0 radical (unpaired) electrons. The number of aromatic nitrogens is 2. The van der Waals surface area contributed by atoms with Gasteiger partial charge in [-0.05, 0) is 35.9 Å². The van der Waals surface area contributed by atoms with Crippen molar-refractivity contribution in [2.24, 2.45) is 0 Å². The first-order valence-electron chi connectivity index (χ1n) is 7.96. The zero-order chi connectivity index (χ0) is 17.9. The van der Waals surface area contributed by atoms with Gasteiger partial charge in [0.05, 0.1) is 27.1 Å². The number of nitrogens with zero attached hydrogens (tertiary/aromatic N) is 2. The van der Waals surface area contributed by atoms with E-state index in [0.29, 0.717) is 17.3 Å². The quantitative estimate of drug-likeness (QED) is 0.558. The summed E-state index contributed by atoms with van der Waals surface area (Å²) in [5, 5.41) is 3.87. The maximum Gasteiger partial charge on any atom is 0.261 e. The van der Waals surface area contributed by atoms with Gasteiger partial charge in [-0.25, -0.2) is 9.97 Å². The van der Waals surface area contributed by atoms with Gasteiger partial charge in [0.1, 0.15) is 5.01 Å². The minimum absolute atomic E-state index is 0.0989. The van der Waals surface area contributed by atoms with E-state index in [4.69, 9.17) is 4.74 Å². The van der Waals surface area contributed by atoms with Gasteiger partial charge in [-0.3, -0.25) is 4.79 Å². The van der Waals surface area contributed by atoms with Crippen molar-refractivity contribution in [3.8, 4) is 15.8 Å². The van der Waals surface area contributed by atoms with Crippen LogP contribution in [0.15, 0.2) is 54.7 Å². The monoisotopic (exact) mass is 381 g/mol. The highest BCUT2D eigenvalue weighted by atomic mass is 32.1. The second-order valence-electron chi connectivity index (χ2n) is 5.54. The molecule has 0 atom stereocenters. The van der Waals surface area contributed by atoms with Crippen LogP contribution < -0.4 is 10.1 Å². The van der Waals surface area contributed by atoms with Gasteiger partial charge in [0, 0.05) is 18.8 Å². The topological polar surface area (TPSA) is 64.1 Å². The number of benzene rings is 1. The Morgan fingerprint density at radius 1 is 1.15 bits per heavy atom. The third kappa shape index (κ3) is 3.44. The molecule has 0 fully saturated rings. The number of amides is 1. The average molecular weight is 381 g/mol. The molecule has 7 heteroatoms. The highest BCUT2D eigenvalue weighted by Crippen LogP contribution is 2.34. The maximum absolute atomic E-state index is 12.4. The summed E-state index contributed by atoms with van der Waals surface area (Å²) in [5.41, 5.74) is 1.92. The molecule has 0 saturated heterocycles. The number of rotatable bonds is 5. The van der Waals surface area contributed by atoms with Gasteiger partial charge in [0.15, 0.2) is 0 Å². The average Bonchev–Trinajstić information content (AvgIpc) is 3.33. The van der Waals surface area contributed by atoms with E-state index in [0.717, 1.165) is 25.7 Å². The summed E-state index contributed by atoms with van der Waals surface area (Å²) >= 11 is 3.09. The number of carbonyl (C=O) groups excluding carboxylic acids is 1. The van der Waals surface area contributed by atoms with Crippen LogP contribution in [-0.4, -0.2) is 23.0 Å². The molecule has 0 aliphatic carbocycles. The van der Waals surface area contributed by atoms with Gasteiger partial charge in [-0.15, -0.1) is 22.7 Å². The van der Waals surface area contributed by atoms with Crippen molar-refractivity contribution in [3.05, 3.63) is 65.2 Å². The van der Waals surface area contributed by atoms with E-state index in [1.165, 1.54) is 11.3 Å². The van der Waals surface area contributed by atoms with Crippen LogP contribution in [-0.2, 0) is 6.54 Å². The van der Waals surface area contributed by atoms with Crippen molar-refractivity contribution < 1.29 is 9.53 Å². The Balaban J connectivity index is 1.47. The lowest BCUT2D eigenvalue weighted by atomic mass is 10.2. The molecule has 0 saturated carbocycles. The van der Waals surface area contributed by atoms with Gasteiger partial charge in [0.2, 0.25) is 5.88 Å². The number of thiophene rings is 1. The Morgan fingerprint density at radius 3 is 2.88 bits per heavy atom. The van der Waals surface area contributed by atoms with E-state index < -0.39 is 0 Å². The molecule has 3 heterocycles. The minimum atomic E-state index is -0.0989. The third-order valence-corrected chi connectivity index (χ3v) is 6.09. The number of pyridine rings is 1. The summed E-state index contributed by atoms with van der Waals surface area (Å²) in [6.45, 7) is 0.423. The fourth-order valence-corrected chi connectivity index (χ4v) is 4.44. The normalized spacial score (nSPS) is 10.8. The predicted octanol–water partition coefficient (Wildman–Crippen LogP) is 4.36. The lowest BCUT2D eigenvalue weighted by molar-refractivity contribution is 0.0955. The molecule has 130 valence electrons. The van der Waals surface area contributed by atoms with Crippen LogP contribution in [0.2, 0.25) is 0 Å². The van der Waals surface area contributed by atoms with Gasteiger partial charge in [0.25, 0.3) is 5.91 Å². The second-order valence-corrected chi connectivity index (χ2v) is 7.65. The van der Waals surface area contributed by atoms with Crippen LogP contribution in [0.1, 0.15) is 15.2 Å². The molecular weight excluding hydrogens is 366 g/mol. The zero-order valence-corrected chi connectivity index (χ0v) is 15.6. The fraction of sp³-hybridized carbons (Fsp3) is 0.105. The summed E-state index contributed by atoms with van der Waals surface area (Å²) in [6, 6.07) is 15.5. The van der Waals surface area contributed by atoms with Crippen LogP contribution in [0.5, 0.6) is 5.88 Å². The summed E-state index contributed by atoms with van der Waals surface area (Å²) in [6.07, 6.45) is 1.66. The number of hydrogen-bond donors (Lipinski definition) is 1. The largest absolute Gasteiger partial charge is 0.481 e. The van der Waals surface area contributed by atoms with E-state index in [1.54, 1.807) is 30.7 Å². The van der Waals surface area contributed by atoms with E-state index in [9.17, 15) is 4.79 Å². The number of hydrogen-bond acceptors (Lipinski definition) is 6. The molecule has 1 aromatic carbocycles. The van der Waals surface area contributed by atoms with Gasteiger partial charge >= 0.3 is 0 Å². The summed E-state index contributed by atoms with van der Waals surface area (Å²) in [5.74, 6) is 0.434. The molecule has 1 N–H and O–H groups in total. The number of thiazole rings is 1. The Bertz CT molecular complexity index is 1040. The maximum atomic E-state index is 12.4. The lowest BCUT2D eigenvalue weighted by Crippen LogP contribution is -2.21. The van der Waals surface area contributed by atoms with Gasteiger partial charge in [-0.1, -0.05) is 12.1 Å². The minimum Gasteiger partial charge on any atom is -0.481 e. The molecular formula is C19H15N3O2S2. The smallest absolute Gasteiger partial charge is 0.261 e. The first-order chi connectivity index (χ1) is 12.7. The van der Waals surface area contributed by atoms with E-state index in [1.807, 2.05) is 36.4 Å². The first kappa shape index (κ1) is 16.7. The Labute approximate surface area is 158 Å². The molecule has 5 nitrogen and oxygen atoms in total. The van der Waals surface area contributed by atoms with Crippen LogP contribution in [0.25, 0.3) is 20.1 Å². The zero-order valence-electron chi connectivity index (χ0n) is 13.9. The van der Waals surface area contributed by atoms with Gasteiger partial charge < -0.3 is 10.1 Å². The van der Waals surface area contributed by atoms with E-state index in [-0.39, 0.29) is 5.91 Å². The number of carbonyl (C=O) groups is 1. The molecule has 4 aromatic rings. The van der Waals surface area contributed by atoms with Crippen molar-refractivity contribution in [2.75, 3.05) is 7.11 Å². The summed E-state index contributed by atoms with van der Waals surface area (Å²) in [7, 11) is 1.57. The molecule has 0 unspecified atom stereocenters. The molecule has 4 rings (SSSR count). The van der Waals surface area contributed by atoms with Crippen molar-refractivity contribution in [1.82, 2.24) is 15.3 Å². The standard InChI is InChI=1S/C19H15N3O2S2/c1-24-17-10-12(8-9-20-17)11-21-18(23)15-6-7-16(25-15)19-22-13-4-2-3-5-14(13)26-19/h2-10H,11H2,1H3,(H,21,23). The number of fused-ring (bicyclic) bond motifs is 1. The number of methoxy groups -OCH3 is 1. The molecule has 0 aliphatic heterocycles. The second kappa shape index (κ2) is 7.23. The van der Waals surface area contributed by atoms with E-state index in [2.05, 4.69) is 21.4 Å². The number of ether oxygens (including phenoxy) is 1. The summed E-state index contributed by atoms with van der Waals surface area (Å²) < 4.78 is 6.24. The Kier molecular flexibility index (Phi) is 4.64. The van der Waals surface area contributed by atoms with E-state index >= 15 is 0 Å². The van der Waals surface area contributed by atoms with Crippen molar-refractivity contribution in [3.63, 3.8) is 0 Å². The molecule has 0 bridgehead atoms. The fourth-order valence-electron chi connectivity index (χ4n) is 2.49. The number of para-hydroxylation sites is 1. The Hall–Kier alpha value is -2.77. The molecule has 3 aromatic heterocycles. The first-order valence-corrected chi connectivity index (χ1v) is 9.59. The van der Waals surface area contributed by atoms with Gasteiger partial charge in [-0.2, -0.15) is 0 Å². The van der Waals surface area contributed by atoms with Crippen molar-refractivity contribution in [2.45, 2.75) is 6.54 Å². The molecule has 1 amide bonds. The van der Waals surface area contributed by atoms with Crippen LogP contribution in [0.4, 0.5) is 0 Å². The molecule has 0 spiro atoms. The SMILES string of the molecule is COc1cc(CNC(=O)c2ccc(-c3nc4ccccc4s3)s2)ccn1. The van der Waals surface area contributed by atoms with Crippen molar-refractivity contribution in [1.29, 1.82) is 0 Å². The highest BCUT2D eigenvalue weighted by molar-refractivity contribution is 7.26. The van der Waals surface area contributed by atoms with Crippen LogP contribution in [0.3, 0.4) is 0 Å². The van der Waals surface area contributed by atoms with Crippen LogP contribution >= 0.6 is 22.7 Å². The predicted molar refractivity (Wildman–Crippen MR) is 105 cm³/mol. The summed E-state index contributed by atoms with van der Waals surface area (Å²) in [4.78, 5) is 22.8.